The second-order valence-corrected chi connectivity index (χ2v) is 8.43. The molecule has 1 aliphatic heterocycles. The number of carbonyl (C=O) groups is 1. The first-order chi connectivity index (χ1) is 15.9. The van der Waals surface area contributed by atoms with Crippen LogP contribution in [-0.4, -0.2) is 60.3 Å². The van der Waals surface area contributed by atoms with Crippen LogP contribution in [0.2, 0.25) is 10.0 Å². The van der Waals surface area contributed by atoms with E-state index >= 15 is 0 Å². The normalized spacial score (nSPS) is 15.4. The highest BCUT2D eigenvalue weighted by molar-refractivity contribution is 6.36. The van der Waals surface area contributed by atoms with Crippen molar-refractivity contribution < 1.29 is 18.7 Å². The highest BCUT2D eigenvalue weighted by Crippen LogP contribution is 2.34. The van der Waals surface area contributed by atoms with Gasteiger partial charge in [0.1, 0.15) is 6.10 Å². The molecule has 8 nitrogen and oxygen atoms in total. The summed E-state index contributed by atoms with van der Waals surface area (Å²) >= 11 is 12.5. The Hall–Kier alpha value is -2.59. The van der Waals surface area contributed by atoms with Gasteiger partial charge >= 0.3 is 6.03 Å². The first-order valence-corrected chi connectivity index (χ1v) is 11.3. The molecule has 1 fully saturated rings. The van der Waals surface area contributed by atoms with Gasteiger partial charge in [0.25, 0.3) is 0 Å². The van der Waals surface area contributed by atoms with Crippen LogP contribution in [0.3, 0.4) is 0 Å². The van der Waals surface area contributed by atoms with Crippen molar-refractivity contribution in [2.45, 2.75) is 13.0 Å². The highest BCUT2D eigenvalue weighted by Gasteiger charge is 2.19. The van der Waals surface area contributed by atoms with Gasteiger partial charge in [-0.1, -0.05) is 29.3 Å². The lowest BCUT2D eigenvalue weighted by Gasteiger charge is -2.26. The molecule has 0 spiro atoms. The molecule has 3 N–H and O–H groups in total. The maximum Gasteiger partial charge on any atom is 0.321 e. The summed E-state index contributed by atoms with van der Waals surface area (Å²) in [6, 6.07) is 7.44. The molecular weight excluding hydrogens is 472 g/mol. The maximum absolute atomic E-state index is 14.7. The van der Waals surface area contributed by atoms with Crippen molar-refractivity contribution in [2.24, 2.45) is 0 Å². The zero-order chi connectivity index (χ0) is 23.4. The van der Waals surface area contributed by atoms with Crippen molar-refractivity contribution in [3.8, 4) is 5.75 Å². The topological polar surface area (TPSA) is 91.5 Å². The second-order valence-electron chi connectivity index (χ2n) is 7.62. The van der Waals surface area contributed by atoms with Gasteiger partial charge in [-0.3, -0.25) is 10.2 Å². The number of halogens is 3. The van der Waals surface area contributed by atoms with Gasteiger partial charge in [0, 0.05) is 53.9 Å². The van der Waals surface area contributed by atoms with Gasteiger partial charge in [-0.05, 0) is 19.1 Å². The molecule has 2 heterocycles. The Labute approximate surface area is 200 Å². The number of nitrogens with one attached hydrogen (secondary N) is 3. The molecule has 1 aliphatic rings. The second kappa shape index (κ2) is 10.6. The Morgan fingerprint density at radius 3 is 2.76 bits per heavy atom. The summed E-state index contributed by atoms with van der Waals surface area (Å²) in [5.74, 6) is -0.380. The summed E-state index contributed by atoms with van der Waals surface area (Å²) < 4.78 is 25.8. The SMILES string of the molecule is CC(Oc1cc2[nH]c(NC(=O)NCCN3CCOCC3)nc2cc1F)c1c(Cl)cccc1Cl. The van der Waals surface area contributed by atoms with E-state index in [0.717, 1.165) is 19.6 Å². The third-order valence-corrected chi connectivity index (χ3v) is 5.95. The monoisotopic (exact) mass is 495 g/mol. The molecule has 0 bridgehead atoms. The van der Waals surface area contributed by atoms with Crippen molar-refractivity contribution in [2.75, 3.05) is 44.7 Å². The third-order valence-electron chi connectivity index (χ3n) is 5.29. The molecule has 11 heteroatoms. The van der Waals surface area contributed by atoms with Crippen LogP contribution in [0.15, 0.2) is 30.3 Å². The molecule has 0 radical (unpaired) electrons. The first kappa shape index (κ1) is 23.6. The zero-order valence-corrected chi connectivity index (χ0v) is 19.5. The summed E-state index contributed by atoms with van der Waals surface area (Å²) in [5.41, 5.74) is 1.43. The number of aromatic nitrogens is 2. The van der Waals surface area contributed by atoms with Gasteiger partial charge in [0.2, 0.25) is 5.95 Å². The van der Waals surface area contributed by atoms with Crippen LogP contribution in [0.4, 0.5) is 15.1 Å². The van der Waals surface area contributed by atoms with E-state index in [-0.39, 0.29) is 11.7 Å². The van der Waals surface area contributed by atoms with Crippen LogP contribution >= 0.6 is 23.2 Å². The Balaban J connectivity index is 1.39. The number of nitrogens with zero attached hydrogens (tertiary/aromatic N) is 2. The molecule has 3 aromatic rings. The predicted molar refractivity (Wildman–Crippen MR) is 126 cm³/mol. The molecule has 176 valence electrons. The van der Waals surface area contributed by atoms with E-state index < -0.39 is 18.0 Å². The number of rotatable bonds is 7. The molecule has 1 unspecified atom stereocenters. The molecule has 1 aromatic heterocycles. The number of fused-ring (bicyclic) bond motifs is 1. The first-order valence-electron chi connectivity index (χ1n) is 10.6. The van der Waals surface area contributed by atoms with Crippen molar-refractivity contribution in [1.29, 1.82) is 0 Å². The molecular formula is C22H24Cl2FN5O3. The van der Waals surface area contributed by atoms with E-state index in [2.05, 4.69) is 25.5 Å². The number of hydrogen-bond acceptors (Lipinski definition) is 5. The zero-order valence-electron chi connectivity index (χ0n) is 18.0. The summed E-state index contributed by atoms with van der Waals surface area (Å²) in [4.78, 5) is 21.6. The highest BCUT2D eigenvalue weighted by atomic mass is 35.5. The van der Waals surface area contributed by atoms with Crippen LogP contribution in [-0.2, 0) is 4.74 Å². The summed E-state index contributed by atoms with van der Waals surface area (Å²) in [7, 11) is 0. The van der Waals surface area contributed by atoms with Crippen LogP contribution in [0.25, 0.3) is 11.0 Å². The fourth-order valence-corrected chi connectivity index (χ4v) is 4.32. The van der Waals surface area contributed by atoms with Gasteiger partial charge in [-0.25, -0.2) is 14.2 Å². The lowest BCUT2D eigenvalue weighted by molar-refractivity contribution is 0.0388. The predicted octanol–water partition coefficient (Wildman–Crippen LogP) is 4.60. The van der Waals surface area contributed by atoms with Crippen LogP contribution in [0, 0.1) is 5.82 Å². The number of morpholine rings is 1. The number of anilines is 1. The van der Waals surface area contributed by atoms with Crippen molar-refractivity contribution in [3.63, 3.8) is 0 Å². The van der Waals surface area contributed by atoms with Gasteiger partial charge in [0.15, 0.2) is 11.6 Å². The summed E-state index contributed by atoms with van der Waals surface area (Å²) in [6.45, 7) is 6.07. The molecule has 0 aliphatic carbocycles. The van der Waals surface area contributed by atoms with E-state index in [9.17, 15) is 9.18 Å². The fraction of sp³-hybridized carbons (Fsp3) is 0.364. The number of urea groups is 1. The summed E-state index contributed by atoms with van der Waals surface area (Å²) in [5, 5.41) is 6.28. The minimum absolute atomic E-state index is 0.0103. The third kappa shape index (κ3) is 5.86. The standard InChI is InChI=1S/C22H24Cl2FN5O3/c1-13(20-14(23)3-2-4-15(20)24)33-19-12-18-17(11-16(19)25)27-21(28-18)29-22(31)26-5-6-30-7-9-32-10-8-30/h2-4,11-13H,5-10H2,1H3,(H3,26,27,28,29,31). The molecule has 1 saturated heterocycles. The number of benzene rings is 2. The average Bonchev–Trinajstić information content (AvgIpc) is 3.15. The number of aromatic amines is 1. The number of carbonyl (C=O) groups excluding carboxylic acids is 1. The number of imidazole rings is 1. The lowest BCUT2D eigenvalue weighted by Crippen LogP contribution is -2.42. The van der Waals surface area contributed by atoms with Gasteiger partial charge in [-0.2, -0.15) is 0 Å². The molecule has 33 heavy (non-hydrogen) atoms. The Morgan fingerprint density at radius 1 is 1.30 bits per heavy atom. The van der Waals surface area contributed by atoms with E-state index in [4.69, 9.17) is 32.7 Å². The van der Waals surface area contributed by atoms with Gasteiger partial charge in [0.05, 0.1) is 24.2 Å². The van der Waals surface area contributed by atoms with Gasteiger partial charge < -0.3 is 19.8 Å². The molecule has 1 atom stereocenters. The molecule has 2 aromatic carbocycles. The number of amides is 2. The minimum Gasteiger partial charge on any atom is -0.483 e. The molecule has 4 rings (SSSR count). The Kier molecular flexibility index (Phi) is 7.54. The summed E-state index contributed by atoms with van der Waals surface area (Å²) in [6.07, 6.45) is -0.587. The molecule has 0 saturated carbocycles. The largest absolute Gasteiger partial charge is 0.483 e. The smallest absolute Gasteiger partial charge is 0.321 e. The fourth-order valence-electron chi connectivity index (χ4n) is 3.61. The van der Waals surface area contributed by atoms with E-state index in [1.807, 2.05) is 0 Å². The number of ether oxygens (including phenoxy) is 2. The quantitative estimate of drug-likeness (QED) is 0.445. The van der Waals surface area contributed by atoms with Crippen molar-refractivity contribution >= 4 is 46.2 Å². The Bertz CT molecular complexity index is 1120. The van der Waals surface area contributed by atoms with Crippen LogP contribution < -0.4 is 15.4 Å². The number of hydrogen-bond donors (Lipinski definition) is 3. The minimum atomic E-state index is -0.592. The average molecular weight is 496 g/mol. The molecule has 2 amide bonds. The van der Waals surface area contributed by atoms with E-state index in [1.54, 1.807) is 25.1 Å². The van der Waals surface area contributed by atoms with Crippen molar-refractivity contribution in [1.82, 2.24) is 20.2 Å². The Morgan fingerprint density at radius 2 is 2.03 bits per heavy atom. The number of H-pyrrole nitrogens is 1. The maximum atomic E-state index is 14.7. The van der Waals surface area contributed by atoms with E-state index in [0.29, 0.717) is 46.4 Å². The van der Waals surface area contributed by atoms with Crippen LogP contribution in [0.5, 0.6) is 5.75 Å². The van der Waals surface area contributed by atoms with E-state index in [1.165, 1.54) is 12.1 Å². The van der Waals surface area contributed by atoms with Crippen LogP contribution in [0.1, 0.15) is 18.6 Å². The van der Waals surface area contributed by atoms with Gasteiger partial charge in [-0.15, -0.1) is 0 Å². The lowest BCUT2D eigenvalue weighted by atomic mass is 10.1. The van der Waals surface area contributed by atoms with Crippen molar-refractivity contribution in [3.05, 3.63) is 51.8 Å².